The van der Waals surface area contributed by atoms with Crippen molar-refractivity contribution in [3.8, 4) is 0 Å². The summed E-state index contributed by atoms with van der Waals surface area (Å²) in [5.41, 5.74) is 3.47. The molecule has 2 N–H and O–H groups in total. The molecule has 144 valence electrons. The Balaban J connectivity index is 1.81. The second-order valence-electron chi connectivity index (χ2n) is 7.23. The third-order valence-electron chi connectivity index (χ3n) is 5.23. The highest BCUT2D eigenvalue weighted by molar-refractivity contribution is 5.97. The van der Waals surface area contributed by atoms with E-state index in [1.165, 1.54) is 0 Å². The van der Waals surface area contributed by atoms with Gasteiger partial charge in [0.05, 0.1) is 5.69 Å². The largest absolute Gasteiger partial charge is 0.347 e. The maximum Gasteiger partial charge on any atom is 0.287 e. The van der Waals surface area contributed by atoms with Crippen LogP contribution in [0.4, 0.5) is 0 Å². The van der Waals surface area contributed by atoms with Gasteiger partial charge in [0, 0.05) is 19.1 Å². The molecule has 0 saturated heterocycles. The van der Waals surface area contributed by atoms with Gasteiger partial charge in [0.15, 0.2) is 5.82 Å². The van der Waals surface area contributed by atoms with Crippen LogP contribution in [0.3, 0.4) is 0 Å². The van der Waals surface area contributed by atoms with E-state index in [1.807, 2.05) is 49.6 Å². The van der Waals surface area contributed by atoms with Crippen molar-refractivity contribution in [3.05, 3.63) is 52.6 Å². The molecular formula is C21H28N4O2. The van der Waals surface area contributed by atoms with Crippen molar-refractivity contribution in [2.24, 2.45) is 0 Å². The van der Waals surface area contributed by atoms with E-state index in [9.17, 15) is 9.59 Å². The standard InChI is InChI=1S/C21H28N4O2/c1-4-15(3)23-21(27)19-24-18(17-11-7-8-12-25(17)19)20(26)22-13-16-10-6-5-9-14(16)2/h5-6,9-10,15H,4,7-8,11-13H2,1-3H3,(H,22,26)(H,23,27). The quantitative estimate of drug-likeness (QED) is 0.823. The summed E-state index contributed by atoms with van der Waals surface area (Å²) < 4.78 is 1.92. The van der Waals surface area contributed by atoms with Crippen molar-refractivity contribution in [2.75, 3.05) is 0 Å². The molecule has 0 spiro atoms. The highest BCUT2D eigenvalue weighted by Crippen LogP contribution is 2.21. The topological polar surface area (TPSA) is 76.0 Å². The summed E-state index contributed by atoms with van der Waals surface area (Å²) in [5.74, 6) is -0.0667. The van der Waals surface area contributed by atoms with Crippen molar-refractivity contribution in [3.63, 3.8) is 0 Å². The fourth-order valence-electron chi connectivity index (χ4n) is 3.36. The molecule has 27 heavy (non-hydrogen) atoms. The number of carbonyl (C=O) groups excluding carboxylic acids is 2. The lowest BCUT2D eigenvalue weighted by molar-refractivity contribution is 0.0923. The maximum atomic E-state index is 12.8. The zero-order chi connectivity index (χ0) is 19.4. The predicted octanol–water partition coefficient (Wildman–Crippen LogP) is 2.99. The van der Waals surface area contributed by atoms with Crippen LogP contribution in [0.5, 0.6) is 0 Å². The molecule has 1 aromatic carbocycles. The van der Waals surface area contributed by atoms with Crippen LogP contribution in [-0.4, -0.2) is 27.4 Å². The number of nitrogens with zero attached hydrogens (tertiary/aromatic N) is 2. The van der Waals surface area contributed by atoms with Crippen LogP contribution in [-0.2, 0) is 19.5 Å². The van der Waals surface area contributed by atoms with Crippen LogP contribution in [0.2, 0.25) is 0 Å². The van der Waals surface area contributed by atoms with E-state index in [4.69, 9.17) is 0 Å². The molecule has 0 fully saturated rings. The van der Waals surface area contributed by atoms with Crippen LogP contribution in [0.25, 0.3) is 0 Å². The van der Waals surface area contributed by atoms with Crippen molar-refractivity contribution < 1.29 is 9.59 Å². The fourth-order valence-corrected chi connectivity index (χ4v) is 3.36. The van der Waals surface area contributed by atoms with Gasteiger partial charge in [-0.05, 0) is 50.7 Å². The minimum absolute atomic E-state index is 0.0763. The van der Waals surface area contributed by atoms with E-state index < -0.39 is 0 Å². The molecule has 0 aliphatic carbocycles. The van der Waals surface area contributed by atoms with Crippen LogP contribution in [0.1, 0.15) is 71.0 Å². The first-order chi connectivity index (χ1) is 13.0. The normalized spacial score (nSPS) is 14.3. The lowest BCUT2D eigenvalue weighted by Crippen LogP contribution is -2.34. The lowest BCUT2D eigenvalue weighted by Gasteiger charge is -2.18. The number of carbonyl (C=O) groups is 2. The van der Waals surface area contributed by atoms with Crippen LogP contribution in [0, 0.1) is 6.92 Å². The Hall–Kier alpha value is -2.63. The Morgan fingerprint density at radius 1 is 1.22 bits per heavy atom. The summed E-state index contributed by atoms with van der Waals surface area (Å²) in [6, 6.07) is 8.05. The van der Waals surface area contributed by atoms with E-state index in [-0.39, 0.29) is 17.9 Å². The average Bonchev–Trinajstić information content (AvgIpc) is 3.07. The average molecular weight is 368 g/mol. The Morgan fingerprint density at radius 2 is 2.00 bits per heavy atom. The van der Waals surface area contributed by atoms with Gasteiger partial charge in [-0.25, -0.2) is 4.98 Å². The van der Waals surface area contributed by atoms with Gasteiger partial charge in [0.25, 0.3) is 11.8 Å². The van der Waals surface area contributed by atoms with Gasteiger partial charge >= 0.3 is 0 Å². The lowest BCUT2D eigenvalue weighted by atomic mass is 10.1. The van der Waals surface area contributed by atoms with Crippen molar-refractivity contribution in [1.82, 2.24) is 20.2 Å². The van der Waals surface area contributed by atoms with Gasteiger partial charge in [0.2, 0.25) is 0 Å². The van der Waals surface area contributed by atoms with E-state index in [0.717, 1.165) is 49.0 Å². The number of aromatic nitrogens is 2. The third-order valence-corrected chi connectivity index (χ3v) is 5.23. The van der Waals surface area contributed by atoms with E-state index >= 15 is 0 Å². The summed E-state index contributed by atoms with van der Waals surface area (Å²) in [4.78, 5) is 29.9. The SMILES string of the molecule is CCC(C)NC(=O)c1nc(C(=O)NCc2ccccc2C)c2n1CCCC2. The van der Waals surface area contributed by atoms with Crippen LogP contribution >= 0.6 is 0 Å². The van der Waals surface area contributed by atoms with Crippen LogP contribution in [0.15, 0.2) is 24.3 Å². The number of hydrogen-bond donors (Lipinski definition) is 2. The minimum atomic E-state index is -0.216. The first kappa shape index (κ1) is 19.1. The third kappa shape index (κ3) is 4.21. The number of nitrogens with one attached hydrogen (secondary N) is 2. The summed E-state index contributed by atoms with van der Waals surface area (Å²) in [5, 5.41) is 5.92. The van der Waals surface area contributed by atoms with Gasteiger partial charge in [-0.2, -0.15) is 0 Å². The number of benzene rings is 1. The zero-order valence-corrected chi connectivity index (χ0v) is 16.3. The predicted molar refractivity (Wildman–Crippen MR) is 105 cm³/mol. The number of hydrogen-bond acceptors (Lipinski definition) is 3. The van der Waals surface area contributed by atoms with Gasteiger partial charge < -0.3 is 15.2 Å². The molecule has 6 heteroatoms. The van der Waals surface area contributed by atoms with Crippen LogP contribution < -0.4 is 10.6 Å². The van der Waals surface area contributed by atoms with Crippen molar-refractivity contribution in [2.45, 2.75) is 65.6 Å². The number of amides is 2. The second kappa shape index (κ2) is 8.37. The first-order valence-corrected chi connectivity index (χ1v) is 9.74. The summed E-state index contributed by atoms with van der Waals surface area (Å²) in [6.07, 6.45) is 3.63. The molecule has 1 unspecified atom stereocenters. The Bertz CT molecular complexity index is 841. The van der Waals surface area contributed by atoms with Crippen molar-refractivity contribution in [1.29, 1.82) is 0 Å². The molecule has 2 heterocycles. The highest BCUT2D eigenvalue weighted by Gasteiger charge is 2.27. The number of rotatable bonds is 6. The minimum Gasteiger partial charge on any atom is -0.347 e. The molecule has 0 radical (unpaired) electrons. The maximum absolute atomic E-state index is 12.8. The number of aryl methyl sites for hydroxylation is 1. The Morgan fingerprint density at radius 3 is 2.74 bits per heavy atom. The van der Waals surface area contributed by atoms with E-state index in [2.05, 4.69) is 15.6 Å². The zero-order valence-electron chi connectivity index (χ0n) is 16.3. The molecule has 0 bridgehead atoms. The Labute approximate surface area is 160 Å². The van der Waals surface area contributed by atoms with Gasteiger partial charge in [-0.15, -0.1) is 0 Å². The molecule has 0 saturated carbocycles. The molecule has 1 atom stereocenters. The molecule has 2 aromatic rings. The fraction of sp³-hybridized carbons (Fsp3) is 0.476. The van der Waals surface area contributed by atoms with E-state index in [1.54, 1.807) is 0 Å². The first-order valence-electron chi connectivity index (χ1n) is 9.74. The van der Waals surface area contributed by atoms with Gasteiger partial charge in [-0.3, -0.25) is 9.59 Å². The second-order valence-corrected chi connectivity index (χ2v) is 7.23. The number of imidazole rings is 1. The molecule has 6 nitrogen and oxygen atoms in total. The summed E-state index contributed by atoms with van der Waals surface area (Å²) in [7, 11) is 0. The molecular weight excluding hydrogens is 340 g/mol. The molecule has 2 amide bonds. The molecule has 1 aromatic heterocycles. The monoisotopic (exact) mass is 368 g/mol. The Kier molecular flexibility index (Phi) is 5.94. The smallest absolute Gasteiger partial charge is 0.287 e. The summed E-state index contributed by atoms with van der Waals surface area (Å²) in [6.45, 7) is 7.20. The summed E-state index contributed by atoms with van der Waals surface area (Å²) >= 11 is 0. The van der Waals surface area contributed by atoms with Crippen molar-refractivity contribution >= 4 is 11.8 Å². The molecule has 1 aliphatic rings. The van der Waals surface area contributed by atoms with E-state index in [0.29, 0.717) is 18.1 Å². The van der Waals surface area contributed by atoms with Gasteiger partial charge in [0.1, 0.15) is 5.69 Å². The van der Waals surface area contributed by atoms with Gasteiger partial charge in [-0.1, -0.05) is 31.2 Å². The molecule has 1 aliphatic heterocycles. The molecule has 3 rings (SSSR count). The highest BCUT2D eigenvalue weighted by atomic mass is 16.2. The number of fused-ring (bicyclic) bond motifs is 1.